The molecule has 4 aromatic rings. The first-order valence-electron chi connectivity index (χ1n) is 9.74. The number of nitriles is 1. The summed E-state index contributed by atoms with van der Waals surface area (Å²) in [5, 5.41) is 15.0. The van der Waals surface area contributed by atoms with Crippen molar-refractivity contribution in [3.63, 3.8) is 0 Å². The highest BCUT2D eigenvalue weighted by atomic mass is 35.5. The van der Waals surface area contributed by atoms with Crippen molar-refractivity contribution in [1.82, 2.24) is 14.8 Å². The number of pyridine rings is 1. The van der Waals surface area contributed by atoms with Gasteiger partial charge in [-0.05, 0) is 25.0 Å². The van der Waals surface area contributed by atoms with Crippen LogP contribution in [0.1, 0.15) is 18.4 Å². The molecule has 0 bridgehead atoms. The summed E-state index contributed by atoms with van der Waals surface area (Å²) in [5.41, 5.74) is 8.47. The molecule has 0 amide bonds. The van der Waals surface area contributed by atoms with Crippen molar-refractivity contribution in [3.05, 3.63) is 59.0 Å². The minimum absolute atomic E-state index is 0.0257. The van der Waals surface area contributed by atoms with E-state index in [9.17, 15) is 5.26 Å². The normalized spacial score (nSPS) is 13.4. The van der Waals surface area contributed by atoms with Gasteiger partial charge in [-0.2, -0.15) is 10.4 Å². The molecule has 1 aliphatic carbocycles. The van der Waals surface area contributed by atoms with Gasteiger partial charge in [-0.25, -0.2) is 9.37 Å². The standard InChI is InChI=1S/C23H17ClFN5O/c1-30-23(20-15(10-26)18(31-13-6-7-13)9-17(24)21(20)25)16(11-28-30)14-4-2-3-12-5-8-19(27)29-22(12)14/h2-5,8-9,11,13H,6-7H2,1H3,(H2,27,29). The molecule has 1 aliphatic rings. The number of rotatable bonds is 4. The largest absolute Gasteiger partial charge is 0.489 e. The molecule has 154 valence electrons. The van der Waals surface area contributed by atoms with Crippen molar-refractivity contribution in [2.75, 3.05) is 5.73 Å². The van der Waals surface area contributed by atoms with Crippen LogP contribution >= 0.6 is 11.6 Å². The summed E-state index contributed by atoms with van der Waals surface area (Å²) >= 11 is 6.21. The van der Waals surface area contributed by atoms with E-state index >= 15 is 4.39 Å². The first-order chi connectivity index (χ1) is 15.0. The Morgan fingerprint density at radius 2 is 2.06 bits per heavy atom. The molecule has 8 heteroatoms. The lowest BCUT2D eigenvalue weighted by molar-refractivity contribution is 0.302. The van der Waals surface area contributed by atoms with Gasteiger partial charge in [-0.1, -0.05) is 29.8 Å². The van der Waals surface area contributed by atoms with Gasteiger partial charge in [0, 0.05) is 29.6 Å². The van der Waals surface area contributed by atoms with Gasteiger partial charge in [-0.3, -0.25) is 4.68 Å². The second-order valence-corrected chi connectivity index (χ2v) is 7.90. The molecule has 0 unspecified atom stereocenters. The van der Waals surface area contributed by atoms with Crippen LogP contribution in [0.2, 0.25) is 5.02 Å². The fourth-order valence-electron chi connectivity index (χ4n) is 3.71. The Hall–Kier alpha value is -3.63. The summed E-state index contributed by atoms with van der Waals surface area (Å²) in [6.07, 6.45) is 3.44. The number of anilines is 1. The van der Waals surface area contributed by atoms with Gasteiger partial charge in [0.1, 0.15) is 23.2 Å². The monoisotopic (exact) mass is 433 g/mol. The van der Waals surface area contributed by atoms with E-state index in [1.807, 2.05) is 24.3 Å². The second-order valence-electron chi connectivity index (χ2n) is 7.49. The number of benzene rings is 2. The van der Waals surface area contributed by atoms with Crippen molar-refractivity contribution < 1.29 is 9.13 Å². The van der Waals surface area contributed by atoms with Crippen molar-refractivity contribution in [3.8, 4) is 34.2 Å². The van der Waals surface area contributed by atoms with Gasteiger partial charge >= 0.3 is 0 Å². The Morgan fingerprint density at radius 1 is 1.26 bits per heavy atom. The fraction of sp³-hybridized carbons (Fsp3) is 0.174. The van der Waals surface area contributed by atoms with Crippen LogP contribution in [0, 0.1) is 17.1 Å². The highest BCUT2D eigenvalue weighted by molar-refractivity contribution is 6.31. The molecule has 0 aliphatic heterocycles. The SMILES string of the molecule is Cn1ncc(-c2cccc3ccc(N)nc23)c1-c1c(F)c(Cl)cc(OC2CC2)c1C#N. The third-order valence-electron chi connectivity index (χ3n) is 5.32. The van der Waals surface area contributed by atoms with Gasteiger partial charge < -0.3 is 10.5 Å². The molecule has 1 saturated carbocycles. The maximum Gasteiger partial charge on any atom is 0.152 e. The summed E-state index contributed by atoms with van der Waals surface area (Å²) in [7, 11) is 1.69. The van der Waals surface area contributed by atoms with Crippen molar-refractivity contribution in [2.24, 2.45) is 7.05 Å². The number of hydrogen-bond acceptors (Lipinski definition) is 5. The molecule has 6 nitrogen and oxygen atoms in total. The highest BCUT2D eigenvalue weighted by Crippen LogP contribution is 2.43. The number of fused-ring (bicyclic) bond motifs is 1. The third-order valence-corrected chi connectivity index (χ3v) is 5.60. The lowest BCUT2D eigenvalue weighted by atomic mass is 9.95. The second kappa shape index (κ2) is 7.25. The van der Waals surface area contributed by atoms with Gasteiger partial charge in [0.2, 0.25) is 0 Å². The Labute approximate surface area is 182 Å². The highest BCUT2D eigenvalue weighted by Gasteiger charge is 2.30. The molecule has 2 aromatic heterocycles. The number of nitrogens with zero attached hydrogens (tertiary/aromatic N) is 4. The van der Waals surface area contributed by atoms with Crippen LogP contribution in [0.3, 0.4) is 0 Å². The van der Waals surface area contributed by atoms with Crippen LogP contribution in [0.5, 0.6) is 5.75 Å². The number of aromatic nitrogens is 3. The number of ether oxygens (including phenoxy) is 1. The van der Waals surface area contributed by atoms with Gasteiger partial charge in [0.25, 0.3) is 0 Å². The Bertz CT molecular complexity index is 1390. The zero-order valence-electron chi connectivity index (χ0n) is 16.6. The number of para-hydroxylation sites is 1. The average Bonchev–Trinajstić information content (AvgIpc) is 3.50. The van der Waals surface area contributed by atoms with Crippen molar-refractivity contribution in [1.29, 1.82) is 5.26 Å². The molecular weight excluding hydrogens is 417 g/mol. The van der Waals surface area contributed by atoms with Gasteiger partial charge in [0.15, 0.2) is 5.82 Å². The summed E-state index contributed by atoms with van der Waals surface area (Å²) in [4.78, 5) is 4.48. The topological polar surface area (TPSA) is 89.8 Å². The lowest BCUT2D eigenvalue weighted by Gasteiger charge is -2.15. The fourth-order valence-corrected chi connectivity index (χ4v) is 3.90. The smallest absolute Gasteiger partial charge is 0.152 e. The van der Waals surface area contributed by atoms with E-state index in [-0.39, 0.29) is 28.0 Å². The number of nitrogen functional groups attached to an aromatic ring is 1. The van der Waals surface area contributed by atoms with Crippen LogP contribution in [-0.4, -0.2) is 20.9 Å². The number of aryl methyl sites for hydroxylation is 1. The maximum absolute atomic E-state index is 15.4. The van der Waals surface area contributed by atoms with Crippen LogP contribution in [-0.2, 0) is 7.05 Å². The Morgan fingerprint density at radius 3 is 2.81 bits per heavy atom. The quantitative estimate of drug-likeness (QED) is 0.484. The van der Waals surface area contributed by atoms with E-state index in [1.165, 1.54) is 10.7 Å². The van der Waals surface area contributed by atoms with E-state index in [1.54, 1.807) is 19.3 Å². The van der Waals surface area contributed by atoms with E-state index in [2.05, 4.69) is 16.2 Å². The first-order valence-corrected chi connectivity index (χ1v) is 10.1. The maximum atomic E-state index is 15.4. The van der Waals surface area contributed by atoms with Gasteiger partial charge in [0.05, 0.1) is 34.1 Å². The molecule has 0 saturated heterocycles. The first kappa shape index (κ1) is 19.3. The minimum atomic E-state index is -0.695. The Kier molecular flexibility index (Phi) is 4.53. The number of hydrogen-bond donors (Lipinski definition) is 1. The molecule has 2 heterocycles. The molecule has 2 N–H and O–H groups in total. The van der Waals surface area contributed by atoms with Crippen LogP contribution in [0.25, 0.3) is 33.3 Å². The van der Waals surface area contributed by atoms with Crippen molar-refractivity contribution >= 4 is 28.3 Å². The van der Waals surface area contributed by atoms with Gasteiger partial charge in [-0.15, -0.1) is 0 Å². The third kappa shape index (κ3) is 3.25. The van der Waals surface area contributed by atoms with E-state index < -0.39 is 5.82 Å². The number of halogens is 2. The molecule has 2 aromatic carbocycles. The molecule has 1 fully saturated rings. The molecule has 0 spiro atoms. The molecule has 31 heavy (non-hydrogen) atoms. The number of nitrogens with two attached hydrogens (primary N) is 1. The average molecular weight is 434 g/mol. The molecule has 0 radical (unpaired) electrons. The minimum Gasteiger partial charge on any atom is -0.489 e. The molecule has 0 atom stereocenters. The predicted molar refractivity (Wildman–Crippen MR) is 117 cm³/mol. The van der Waals surface area contributed by atoms with Crippen LogP contribution in [0.4, 0.5) is 10.2 Å². The van der Waals surface area contributed by atoms with E-state index in [0.717, 1.165) is 23.8 Å². The summed E-state index contributed by atoms with van der Waals surface area (Å²) < 4.78 is 22.8. The van der Waals surface area contributed by atoms with Crippen LogP contribution < -0.4 is 10.5 Å². The zero-order chi connectivity index (χ0) is 21.7. The van der Waals surface area contributed by atoms with Crippen molar-refractivity contribution in [2.45, 2.75) is 18.9 Å². The summed E-state index contributed by atoms with van der Waals surface area (Å²) in [5.74, 6) is -0.0464. The summed E-state index contributed by atoms with van der Waals surface area (Å²) in [6.45, 7) is 0. The Balaban J connectivity index is 1.81. The van der Waals surface area contributed by atoms with E-state index in [4.69, 9.17) is 22.1 Å². The molecular formula is C23H17ClFN5O. The molecule has 5 rings (SSSR count). The zero-order valence-corrected chi connectivity index (χ0v) is 17.3. The van der Waals surface area contributed by atoms with Crippen LogP contribution in [0.15, 0.2) is 42.6 Å². The lowest BCUT2D eigenvalue weighted by Crippen LogP contribution is -2.05. The van der Waals surface area contributed by atoms with E-state index in [0.29, 0.717) is 22.6 Å². The summed E-state index contributed by atoms with van der Waals surface area (Å²) in [6, 6.07) is 12.7. The predicted octanol–water partition coefficient (Wildman–Crippen LogP) is 5.09.